The largest absolute Gasteiger partial charge is 0.397 e. The van der Waals surface area contributed by atoms with Crippen molar-refractivity contribution in [2.75, 3.05) is 0 Å². The molecule has 0 aliphatic heterocycles. The van der Waals surface area contributed by atoms with E-state index in [1.54, 1.807) is 0 Å². The summed E-state index contributed by atoms with van der Waals surface area (Å²) in [6.07, 6.45) is 2.67. The second-order valence-electron chi connectivity index (χ2n) is 13.6. The van der Waals surface area contributed by atoms with Crippen LogP contribution in [0.15, 0.2) is 0 Å². The molecule has 0 amide bonds. The van der Waals surface area contributed by atoms with Gasteiger partial charge in [0.15, 0.2) is 0 Å². The summed E-state index contributed by atoms with van der Waals surface area (Å²) < 4.78 is 38.4. The third-order valence-electron chi connectivity index (χ3n) is 11.3. The summed E-state index contributed by atoms with van der Waals surface area (Å²) in [6.45, 7) is 10.4. The van der Waals surface area contributed by atoms with E-state index in [2.05, 4.69) is 20.8 Å². The van der Waals surface area contributed by atoms with Crippen LogP contribution < -0.4 is 0 Å². The number of rotatable bonds is 7. The Morgan fingerprint density at radius 3 is 2.25 bits per heavy atom. The lowest BCUT2D eigenvalue weighted by Crippen LogP contribution is -2.69. The number of aliphatic hydroxyl groups excluding tert-OH is 3. The molecule has 0 spiro atoms. The van der Waals surface area contributed by atoms with Gasteiger partial charge in [-0.2, -0.15) is 8.42 Å². The van der Waals surface area contributed by atoms with E-state index in [9.17, 15) is 33.4 Å². The predicted octanol–water partition coefficient (Wildman–Crippen LogP) is 3.32. The zero-order valence-corrected chi connectivity index (χ0v) is 23.3. The molecule has 4 saturated carbocycles. The van der Waals surface area contributed by atoms with Crippen LogP contribution in [0.4, 0.5) is 0 Å². The fourth-order valence-corrected chi connectivity index (χ4v) is 10.1. The third kappa shape index (κ3) is 4.80. The maximum atomic E-state index is 12.5. The lowest BCUT2D eigenvalue weighted by molar-refractivity contribution is -0.260. The maximum absolute atomic E-state index is 12.5. The smallest absolute Gasteiger partial charge is 0.393 e. The summed E-state index contributed by atoms with van der Waals surface area (Å²) in [7, 11) is -4.76. The average Bonchev–Trinajstić information content (AvgIpc) is 3.03. The zero-order valence-electron chi connectivity index (χ0n) is 22.5. The van der Waals surface area contributed by atoms with E-state index >= 15 is 0 Å². The van der Waals surface area contributed by atoms with Crippen molar-refractivity contribution in [3.63, 3.8) is 0 Å². The molecule has 4 fully saturated rings. The van der Waals surface area contributed by atoms with Gasteiger partial charge in [-0.25, -0.2) is 4.18 Å². The van der Waals surface area contributed by atoms with E-state index in [1.807, 2.05) is 13.8 Å². The zero-order chi connectivity index (χ0) is 26.8. The summed E-state index contributed by atoms with van der Waals surface area (Å²) in [6, 6.07) is 0. The molecule has 4 aliphatic carbocycles. The maximum Gasteiger partial charge on any atom is 0.397 e. The highest BCUT2D eigenvalue weighted by Crippen LogP contribution is 2.70. The Bertz CT molecular complexity index is 909. The van der Waals surface area contributed by atoms with Crippen molar-refractivity contribution in [3.8, 4) is 0 Å². The van der Waals surface area contributed by atoms with Crippen LogP contribution in [0.1, 0.15) is 92.4 Å². The van der Waals surface area contributed by atoms with Gasteiger partial charge in [-0.05, 0) is 91.8 Å². The third-order valence-corrected chi connectivity index (χ3v) is 11.8. The van der Waals surface area contributed by atoms with Gasteiger partial charge in [0.2, 0.25) is 0 Å². The van der Waals surface area contributed by atoms with Crippen LogP contribution in [0.25, 0.3) is 0 Å². The van der Waals surface area contributed by atoms with Gasteiger partial charge in [-0.15, -0.1) is 0 Å². The van der Waals surface area contributed by atoms with E-state index in [4.69, 9.17) is 4.18 Å². The Hall–Kier alpha value is -0.290. The first-order valence-electron chi connectivity index (χ1n) is 13.9. The van der Waals surface area contributed by atoms with Gasteiger partial charge in [0, 0.05) is 12.3 Å². The van der Waals surface area contributed by atoms with Gasteiger partial charge in [-0.3, -0.25) is 4.55 Å². The molecule has 36 heavy (non-hydrogen) atoms. The highest BCUT2D eigenvalue weighted by molar-refractivity contribution is 7.80. The highest BCUT2D eigenvalue weighted by atomic mass is 32.3. The van der Waals surface area contributed by atoms with E-state index < -0.39 is 45.6 Å². The molecule has 0 aromatic heterocycles. The molecular weight excluding hydrogens is 484 g/mol. The van der Waals surface area contributed by atoms with Gasteiger partial charge in [-0.1, -0.05) is 34.6 Å². The number of aliphatic hydroxyl groups is 4. The minimum atomic E-state index is -4.76. The Balaban J connectivity index is 1.66. The Morgan fingerprint density at radius 1 is 1.00 bits per heavy atom. The highest BCUT2D eigenvalue weighted by Gasteiger charge is 2.71. The minimum Gasteiger partial charge on any atom is -0.393 e. The minimum absolute atomic E-state index is 0.00884. The SMILES string of the molecule is CC(C)C(O)CCC(C)C1CC(O)C2C1(C)CCC1C3(C)CCC(O)CC3C(OS(=O)(=O)O)CC12O. The molecule has 0 aromatic carbocycles. The first kappa shape index (κ1) is 28.7. The van der Waals surface area contributed by atoms with Crippen molar-refractivity contribution in [2.45, 2.75) is 122 Å². The summed E-state index contributed by atoms with van der Waals surface area (Å²) in [4.78, 5) is 0. The second kappa shape index (κ2) is 9.72. The van der Waals surface area contributed by atoms with Crippen molar-refractivity contribution >= 4 is 10.4 Å². The van der Waals surface area contributed by atoms with Crippen LogP contribution in [-0.2, 0) is 14.6 Å². The molecule has 0 heterocycles. The number of hydrogen-bond donors (Lipinski definition) is 5. The van der Waals surface area contributed by atoms with Crippen LogP contribution in [0, 0.1) is 46.3 Å². The average molecular weight is 533 g/mol. The molecule has 4 aliphatic rings. The first-order valence-corrected chi connectivity index (χ1v) is 15.3. The Kier molecular flexibility index (Phi) is 7.75. The molecule has 4 rings (SSSR count). The van der Waals surface area contributed by atoms with Crippen LogP contribution in [0.2, 0.25) is 0 Å². The second-order valence-corrected chi connectivity index (χ2v) is 14.7. The predicted molar refractivity (Wildman–Crippen MR) is 135 cm³/mol. The van der Waals surface area contributed by atoms with E-state index in [-0.39, 0.29) is 47.5 Å². The van der Waals surface area contributed by atoms with Crippen LogP contribution in [0.3, 0.4) is 0 Å². The Morgan fingerprint density at radius 2 is 1.64 bits per heavy atom. The van der Waals surface area contributed by atoms with Crippen molar-refractivity contribution in [2.24, 2.45) is 46.3 Å². The molecule has 9 heteroatoms. The van der Waals surface area contributed by atoms with Crippen molar-refractivity contribution < 1.29 is 37.6 Å². The molecule has 8 nitrogen and oxygen atoms in total. The molecular formula is C27H48O8S. The summed E-state index contributed by atoms with van der Waals surface area (Å²) in [5, 5.41) is 44.7. The molecule has 12 unspecified atom stereocenters. The van der Waals surface area contributed by atoms with Crippen molar-refractivity contribution in [3.05, 3.63) is 0 Å². The molecule has 0 radical (unpaired) electrons. The summed E-state index contributed by atoms with van der Waals surface area (Å²) >= 11 is 0. The number of hydrogen-bond acceptors (Lipinski definition) is 7. The topological polar surface area (TPSA) is 145 Å². The molecule has 0 bridgehead atoms. The Labute approximate surface area is 216 Å². The quantitative estimate of drug-likeness (QED) is 0.314. The summed E-state index contributed by atoms with van der Waals surface area (Å²) in [5.41, 5.74) is -2.16. The van der Waals surface area contributed by atoms with E-state index in [1.165, 1.54) is 0 Å². The summed E-state index contributed by atoms with van der Waals surface area (Å²) in [5.74, 6) is -0.304. The van der Waals surface area contributed by atoms with Gasteiger partial charge in [0.1, 0.15) is 0 Å². The fourth-order valence-electron chi connectivity index (χ4n) is 9.60. The molecule has 5 N–H and O–H groups in total. The van der Waals surface area contributed by atoms with Crippen molar-refractivity contribution in [1.82, 2.24) is 0 Å². The van der Waals surface area contributed by atoms with E-state index in [0.29, 0.717) is 32.1 Å². The van der Waals surface area contributed by atoms with Crippen LogP contribution in [-0.4, -0.2) is 63.4 Å². The van der Waals surface area contributed by atoms with Gasteiger partial charge >= 0.3 is 10.4 Å². The van der Waals surface area contributed by atoms with Crippen molar-refractivity contribution in [1.29, 1.82) is 0 Å². The monoisotopic (exact) mass is 532 g/mol. The standard InChI is InChI=1S/C27H48O8S/c1-15(2)20(29)7-6-16(3)18-13-21(30)24-26(18,5)11-9-23-25(4)10-8-17(28)12-19(25)22(14-27(23,24)31)35-36(32,33)34/h15-24,28-31H,6-14H2,1-5H3,(H,32,33,34). The van der Waals surface area contributed by atoms with Gasteiger partial charge in [0.25, 0.3) is 0 Å². The molecule has 0 aromatic rings. The van der Waals surface area contributed by atoms with Gasteiger partial charge in [0.05, 0.1) is 30.0 Å². The lowest BCUT2D eigenvalue weighted by atomic mass is 9.42. The molecule has 0 saturated heterocycles. The van der Waals surface area contributed by atoms with Crippen LogP contribution in [0.5, 0.6) is 0 Å². The lowest BCUT2D eigenvalue weighted by Gasteiger charge is -2.66. The fraction of sp³-hybridized carbons (Fsp3) is 1.00. The molecule has 210 valence electrons. The molecule has 12 atom stereocenters. The van der Waals surface area contributed by atoms with Crippen LogP contribution >= 0.6 is 0 Å². The van der Waals surface area contributed by atoms with Gasteiger partial charge < -0.3 is 20.4 Å². The first-order chi connectivity index (χ1) is 16.5. The normalized spacial score (nSPS) is 48.7. The van der Waals surface area contributed by atoms with E-state index in [0.717, 1.165) is 19.3 Å². The number of fused-ring (bicyclic) bond motifs is 5.